The highest BCUT2D eigenvalue weighted by atomic mass is 19.4. The molecule has 0 bridgehead atoms. The van der Waals surface area contributed by atoms with Crippen molar-refractivity contribution < 1.29 is 26.3 Å². The van der Waals surface area contributed by atoms with Gasteiger partial charge < -0.3 is 4.57 Å². The standard InChI is InChI=1S/C52H31F6N5/c53-51(54,55)36-25-26-39-38-23-13-14-24-46(38)63(47(39)29-36)48-40(49-59-42(32-15-5-1-6-16-32)30-43(60-49)33-17-7-2-8-18-33)27-37(52(56,57)58)28-41(48)50-61-44(34-19-9-3-10-20-34)31-45(62-50)35-21-11-4-12-22-35/h1-31H. The second kappa shape index (κ2) is 15.5. The average molecular weight is 840 g/mol. The summed E-state index contributed by atoms with van der Waals surface area (Å²) in [5.74, 6) is -0.198. The number of fused-ring (bicyclic) bond motifs is 3. The van der Waals surface area contributed by atoms with Gasteiger partial charge in [0.05, 0.1) is 50.6 Å². The van der Waals surface area contributed by atoms with Crippen molar-refractivity contribution in [2.75, 3.05) is 0 Å². The number of hydrogen-bond acceptors (Lipinski definition) is 4. The minimum absolute atomic E-state index is 0.0574. The van der Waals surface area contributed by atoms with Crippen LogP contribution in [0.3, 0.4) is 0 Å². The number of alkyl halides is 6. The molecule has 0 saturated carbocycles. The fourth-order valence-electron chi connectivity index (χ4n) is 7.93. The quantitative estimate of drug-likeness (QED) is 0.150. The van der Waals surface area contributed by atoms with Crippen molar-refractivity contribution in [1.82, 2.24) is 24.5 Å². The van der Waals surface area contributed by atoms with Crippen molar-refractivity contribution in [3.8, 4) is 73.5 Å². The maximum atomic E-state index is 15.5. The van der Waals surface area contributed by atoms with Gasteiger partial charge in [0.25, 0.3) is 0 Å². The third-order valence-electron chi connectivity index (χ3n) is 10.9. The van der Waals surface area contributed by atoms with E-state index in [2.05, 4.69) is 0 Å². The van der Waals surface area contributed by atoms with Gasteiger partial charge in [-0.2, -0.15) is 26.3 Å². The van der Waals surface area contributed by atoms with E-state index < -0.39 is 23.5 Å². The first kappa shape index (κ1) is 39.2. The van der Waals surface area contributed by atoms with Gasteiger partial charge in [0.1, 0.15) is 0 Å². The van der Waals surface area contributed by atoms with Crippen LogP contribution in [0.1, 0.15) is 11.1 Å². The van der Waals surface area contributed by atoms with Crippen LogP contribution in [0.5, 0.6) is 0 Å². The summed E-state index contributed by atoms with van der Waals surface area (Å²) in [4.78, 5) is 19.9. The van der Waals surface area contributed by atoms with Crippen LogP contribution in [0.2, 0.25) is 0 Å². The second-order valence-electron chi connectivity index (χ2n) is 14.9. The normalized spacial score (nSPS) is 12.0. The first-order valence-electron chi connectivity index (χ1n) is 19.9. The largest absolute Gasteiger partial charge is 0.416 e. The van der Waals surface area contributed by atoms with Crippen molar-refractivity contribution in [1.29, 1.82) is 0 Å². The van der Waals surface area contributed by atoms with Crippen LogP contribution in [0.25, 0.3) is 95.3 Å². The summed E-state index contributed by atoms with van der Waals surface area (Å²) in [5, 5.41) is 1.02. The molecule has 7 aromatic carbocycles. The molecule has 3 aromatic heterocycles. The molecule has 0 aliphatic carbocycles. The molecule has 0 saturated heterocycles. The van der Waals surface area contributed by atoms with E-state index in [1.807, 2.05) is 121 Å². The molecule has 0 spiro atoms. The molecule has 63 heavy (non-hydrogen) atoms. The summed E-state index contributed by atoms with van der Waals surface area (Å²) in [6.07, 6.45) is -9.65. The summed E-state index contributed by atoms with van der Waals surface area (Å²) < 4.78 is 92.0. The van der Waals surface area contributed by atoms with Gasteiger partial charge in [-0.05, 0) is 42.5 Å². The van der Waals surface area contributed by atoms with Crippen molar-refractivity contribution >= 4 is 21.8 Å². The van der Waals surface area contributed by atoms with Gasteiger partial charge in [0.15, 0.2) is 11.6 Å². The summed E-state index contributed by atoms with van der Waals surface area (Å²) >= 11 is 0. The number of nitrogens with zero attached hydrogens (tertiary/aromatic N) is 5. The molecule has 10 rings (SSSR count). The minimum atomic E-state index is -4.91. The van der Waals surface area contributed by atoms with Gasteiger partial charge in [-0.15, -0.1) is 0 Å². The lowest BCUT2D eigenvalue weighted by atomic mass is 9.98. The van der Waals surface area contributed by atoms with Crippen LogP contribution in [0.4, 0.5) is 26.3 Å². The van der Waals surface area contributed by atoms with E-state index in [0.717, 1.165) is 24.3 Å². The van der Waals surface area contributed by atoms with Gasteiger partial charge in [-0.1, -0.05) is 146 Å². The van der Waals surface area contributed by atoms with Gasteiger partial charge in [-0.25, -0.2) is 19.9 Å². The number of hydrogen-bond donors (Lipinski definition) is 0. The Bertz CT molecular complexity index is 3030. The van der Waals surface area contributed by atoms with Crippen LogP contribution in [-0.2, 0) is 12.4 Å². The van der Waals surface area contributed by atoms with Crippen LogP contribution in [0.15, 0.2) is 188 Å². The van der Waals surface area contributed by atoms with Crippen molar-refractivity contribution in [2.24, 2.45) is 0 Å². The smallest absolute Gasteiger partial charge is 0.308 e. The summed E-state index contributed by atoms with van der Waals surface area (Å²) in [7, 11) is 0. The number of rotatable bonds is 7. The Kier molecular flexibility index (Phi) is 9.67. The Morgan fingerprint density at radius 3 is 1.10 bits per heavy atom. The fraction of sp³-hybridized carbons (Fsp3) is 0.0385. The zero-order valence-corrected chi connectivity index (χ0v) is 32.9. The van der Waals surface area contributed by atoms with Crippen LogP contribution in [0, 0.1) is 0 Å². The molecule has 0 amide bonds. The lowest BCUT2D eigenvalue weighted by molar-refractivity contribution is -0.138. The zero-order chi connectivity index (χ0) is 43.3. The molecular formula is C52H31F6N5. The third kappa shape index (κ3) is 7.48. The van der Waals surface area contributed by atoms with Crippen LogP contribution < -0.4 is 0 Å². The molecule has 0 N–H and O–H groups in total. The highest BCUT2D eigenvalue weighted by molar-refractivity contribution is 6.10. The SMILES string of the molecule is FC(F)(F)c1cc(-c2nc(-c3ccccc3)cc(-c3ccccc3)n2)c(-n2c3ccccc3c3ccc(C(F)(F)F)cc32)c(-c2nc(-c3ccccc3)cc(-c3ccccc3)n2)c1. The number of aromatic nitrogens is 5. The number of para-hydroxylation sites is 1. The van der Waals surface area contributed by atoms with E-state index in [1.165, 1.54) is 6.07 Å². The second-order valence-corrected chi connectivity index (χ2v) is 14.9. The monoisotopic (exact) mass is 839 g/mol. The predicted molar refractivity (Wildman–Crippen MR) is 235 cm³/mol. The van der Waals surface area contributed by atoms with E-state index in [0.29, 0.717) is 61.3 Å². The Labute approximate surface area is 356 Å². The molecule has 10 aromatic rings. The first-order chi connectivity index (χ1) is 30.5. The average Bonchev–Trinajstić information content (AvgIpc) is 3.65. The van der Waals surface area contributed by atoms with Crippen molar-refractivity contribution in [3.63, 3.8) is 0 Å². The first-order valence-corrected chi connectivity index (χ1v) is 19.9. The molecule has 0 fully saturated rings. The van der Waals surface area contributed by atoms with Crippen molar-refractivity contribution in [2.45, 2.75) is 12.4 Å². The molecule has 5 nitrogen and oxygen atoms in total. The highest BCUT2D eigenvalue weighted by Gasteiger charge is 2.36. The summed E-state index contributed by atoms with van der Waals surface area (Å²) in [5.41, 5.74) is 2.73. The van der Waals surface area contributed by atoms with Crippen molar-refractivity contribution in [3.05, 3.63) is 199 Å². The molecule has 0 unspecified atom stereocenters. The van der Waals surface area contributed by atoms with E-state index in [4.69, 9.17) is 19.9 Å². The molecule has 0 aliphatic rings. The van der Waals surface area contributed by atoms with E-state index in [1.54, 1.807) is 41.0 Å². The van der Waals surface area contributed by atoms with E-state index in [9.17, 15) is 13.2 Å². The summed E-state index contributed by atoms with van der Waals surface area (Å²) in [6.45, 7) is 0. The third-order valence-corrected chi connectivity index (χ3v) is 10.9. The Morgan fingerprint density at radius 1 is 0.333 bits per heavy atom. The molecule has 0 atom stereocenters. The van der Waals surface area contributed by atoms with Crippen LogP contribution in [-0.4, -0.2) is 24.5 Å². The highest BCUT2D eigenvalue weighted by Crippen LogP contribution is 2.46. The van der Waals surface area contributed by atoms with E-state index >= 15 is 13.2 Å². The van der Waals surface area contributed by atoms with Gasteiger partial charge >= 0.3 is 12.4 Å². The lowest BCUT2D eigenvalue weighted by Crippen LogP contribution is -2.11. The summed E-state index contributed by atoms with van der Waals surface area (Å²) in [6, 6.07) is 52.5. The molecular weight excluding hydrogens is 809 g/mol. The van der Waals surface area contributed by atoms with Crippen LogP contribution >= 0.6 is 0 Å². The zero-order valence-electron chi connectivity index (χ0n) is 32.9. The molecule has 0 aliphatic heterocycles. The maximum Gasteiger partial charge on any atom is 0.416 e. The Hall–Kier alpha value is -7.92. The number of benzene rings is 7. The topological polar surface area (TPSA) is 56.5 Å². The maximum absolute atomic E-state index is 15.5. The predicted octanol–water partition coefficient (Wildman–Crippen LogP) is 14.4. The van der Waals surface area contributed by atoms with E-state index in [-0.39, 0.29) is 34.0 Å². The molecule has 3 heterocycles. The molecule has 306 valence electrons. The molecule has 0 radical (unpaired) electrons. The Balaban J connectivity index is 1.40. The lowest BCUT2D eigenvalue weighted by Gasteiger charge is -2.21. The minimum Gasteiger partial charge on any atom is -0.308 e. The van der Waals surface area contributed by atoms with Gasteiger partial charge in [0.2, 0.25) is 0 Å². The molecule has 11 heteroatoms. The van der Waals surface area contributed by atoms with Gasteiger partial charge in [0, 0.05) is 44.2 Å². The van der Waals surface area contributed by atoms with Gasteiger partial charge in [-0.3, -0.25) is 0 Å². The fourth-order valence-corrected chi connectivity index (χ4v) is 7.93. The Morgan fingerprint density at radius 2 is 0.698 bits per heavy atom. The number of halogens is 6.